The third-order valence-corrected chi connectivity index (χ3v) is 3.95. The van der Waals surface area contributed by atoms with Crippen LogP contribution in [0.5, 0.6) is 0 Å². The smallest absolute Gasteiger partial charge is 1.00 e. The van der Waals surface area contributed by atoms with Crippen LogP contribution in [0.4, 0.5) is 0 Å². The van der Waals surface area contributed by atoms with Gasteiger partial charge in [0.1, 0.15) is 0 Å². The maximum Gasteiger partial charge on any atom is -1.00 e. The standard InChI is InChI=1S/C8H11.2ClH.Hf/c1-3-8-6-4-5-7(8)2;;;/h6H,3-4H2,1-2H3;2*1H;/q;;;+2/p-2. The van der Waals surface area contributed by atoms with E-state index in [4.69, 9.17) is 0 Å². The van der Waals surface area contributed by atoms with Crippen molar-refractivity contribution in [1.82, 2.24) is 0 Å². The molecule has 1 aliphatic rings. The molecule has 0 nitrogen and oxygen atoms in total. The first-order chi connectivity index (χ1) is 4.25. The molecule has 1 aliphatic carbocycles. The molecule has 3 heteroatoms. The van der Waals surface area contributed by atoms with Crippen LogP contribution in [-0.4, -0.2) is 0 Å². The maximum atomic E-state index is 2.37. The molecule has 61 valence electrons. The van der Waals surface area contributed by atoms with Crippen LogP contribution in [0.25, 0.3) is 0 Å². The molecule has 0 aromatic rings. The van der Waals surface area contributed by atoms with E-state index in [1.165, 1.54) is 37.2 Å². The zero-order valence-corrected chi connectivity index (χ0v) is 11.9. The summed E-state index contributed by atoms with van der Waals surface area (Å²) in [4.78, 5) is 0. The van der Waals surface area contributed by atoms with Gasteiger partial charge in [-0.2, -0.15) is 0 Å². The summed E-state index contributed by atoms with van der Waals surface area (Å²) in [6.45, 7) is 4.49. The van der Waals surface area contributed by atoms with Crippen molar-refractivity contribution in [2.24, 2.45) is 0 Å². The molecule has 11 heavy (non-hydrogen) atoms. The van der Waals surface area contributed by atoms with Crippen LogP contribution in [0.1, 0.15) is 26.7 Å². The molecule has 0 N–H and O–H groups in total. The summed E-state index contributed by atoms with van der Waals surface area (Å²) in [5.74, 6) is 0. The summed E-state index contributed by atoms with van der Waals surface area (Å²) in [5.41, 5.74) is 3.17. The Balaban J connectivity index is 0. The molecule has 0 saturated carbocycles. The van der Waals surface area contributed by atoms with Crippen LogP contribution in [-0.2, 0) is 24.4 Å². The first-order valence-electron chi connectivity index (χ1n) is 3.36. The summed E-state index contributed by atoms with van der Waals surface area (Å²) in [7, 11) is 0. The van der Waals surface area contributed by atoms with Gasteiger partial charge in [-0.1, -0.05) is 0 Å². The molecule has 0 aliphatic heterocycles. The van der Waals surface area contributed by atoms with Gasteiger partial charge < -0.3 is 24.8 Å². The third kappa shape index (κ3) is 3.43. The van der Waals surface area contributed by atoms with E-state index in [1.807, 2.05) is 0 Å². The molecule has 0 saturated heterocycles. The zero-order chi connectivity index (χ0) is 6.85. The van der Waals surface area contributed by atoms with Gasteiger partial charge in [0, 0.05) is 0 Å². The molecule has 0 radical (unpaired) electrons. The number of hydrogen-bond donors (Lipinski definition) is 0. The minimum Gasteiger partial charge on any atom is -1.00 e. The summed E-state index contributed by atoms with van der Waals surface area (Å²) in [6, 6.07) is 0. The van der Waals surface area contributed by atoms with Crippen molar-refractivity contribution in [2.45, 2.75) is 26.7 Å². The van der Waals surface area contributed by atoms with Gasteiger partial charge in [0.05, 0.1) is 0 Å². The van der Waals surface area contributed by atoms with E-state index in [9.17, 15) is 0 Å². The predicted octanol–water partition coefficient (Wildman–Crippen LogP) is -3.44. The number of rotatable bonds is 1. The van der Waals surface area contributed by atoms with Crippen LogP contribution in [0, 0.1) is 0 Å². The van der Waals surface area contributed by atoms with Gasteiger partial charge in [-0.05, 0) is 0 Å². The minimum atomic E-state index is 0. The Morgan fingerprint density at radius 2 is 2.00 bits per heavy atom. The summed E-state index contributed by atoms with van der Waals surface area (Å²) >= 11 is 1.26. The Kier molecular flexibility index (Phi) is 8.47. The second-order valence-electron chi connectivity index (χ2n) is 2.39. The van der Waals surface area contributed by atoms with Gasteiger partial charge in [0.15, 0.2) is 0 Å². The van der Waals surface area contributed by atoms with Gasteiger partial charge in [-0.3, -0.25) is 0 Å². The van der Waals surface area contributed by atoms with Crippen molar-refractivity contribution in [3.05, 3.63) is 20.6 Å². The molecule has 0 bridgehead atoms. The first kappa shape index (κ1) is 14.5. The molecule has 0 aromatic carbocycles. The van der Waals surface area contributed by atoms with Crippen LogP contribution in [0.2, 0.25) is 0 Å². The Labute approximate surface area is 95.9 Å². The Hall–Kier alpha value is 0.930. The van der Waals surface area contributed by atoms with Crippen molar-refractivity contribution in [3.63, 3.8) is 0 Å². The van der Waals surface area contributed by atoms with Gasteiger partial charge >= 0.3 is 71.6 Å². The second kappa shape index (κ2) is 6.45. The average molecular weight is 357 g/mol. The fraction of sp³-hybridized carbons (Fsp3) is 0.500. The number of halogens is 2. The molecule has 0 aromatic heterocycles. The summed E-state index contributed by atoms with van der Waals surface area (Å²) < 4.78 is 1.69. The molecule has 0 amide bonds. The van der Waals surface area contributed by atoms with Crippen LogP contribution in [0.15, 0.2) is 20.6 Å². The molecule has 0 heterocycles. The van der Waals surface area contributed by atoms with Crippen molar-refractivity contribution in [1.29, 1.82) is 0 Å². The van der Waals surface area contributed by atoms with Crippen molar-refractivity contribution in [2.75, 3.05) is 0 Å². The predicted molar refractivity (Wildman–Crippen MR) is 35.7 cm³/mol. The molecule has 0 atom stereocenters. The van der Waals surface area contributed by atoms with Crippen LogP contribution >= 0.6 is 0 Å². The molecule has 0 spiro atoms. The van der Waals surface area contributed by atoms with E-state index in [2.05, 4.69) is 19.9 Å². The van der Waals surface area contributed by atoms with E-state index in [0.29, 0.717) is 0 Å². The number of allylic oxidation sites excluding steroid dienone is 4. The zero-order valence-electron chi connectivity index (χ0n) is 6.75. The van der Waals surface area contributed by atoms with Crippen LogP contribution < -0.4 is 24.8 Å². The molecular weight excluding hydrogens is 345 g/mol. The molecule has 0 fully saturated rings. The van der Waals surface area contributed by atoms with E-state index < -0.39 is 0 Å². The monoisotopic (exact) mass is 357 g/mol. The van der Waals surface area contributed by atoms with Gasteiger partial charge in [-0.15, -0.1) is 0 Å². The summed E-state index contributed by atoms with van der Waals surface area (Å²) in [5, 5.41) is 0. The van der Waals surface area contributed by atoms with Gasteiger partial charge in [-0.25, -0.2) is 0 Å². The van der Waals surface area contributed by atoms with E-state index in [0.717, 1.165) is 0 Å². The Morgan fingerprint density at radius 3 is 2.18 bits per heavy atom. The third-order valence-electron chi connectivity index (χ3n) is 1.87. The molecule has 0 unspecified atom stereocenters. The topological polar surface area (TPSA) is 0 Å². The average Bonchev–Trinajstić information content (AvgIpc) is 2.15. The van der Waals surface area contributed by atoms with Gasteiger partial charge in [0.25, 0.3) is 0 Å². The van der Waals surface area contributed by atoms with Crippen molar-refractivity contribution in [3.8, 4) is 0 Å². The minimum absolute atomic E-state index is 0. The fourth-order valence-corrected chi connectivity index (χ4v) is 2.08. The van der Waals surface area contributed by atoms with Crippen LogP contribution in [0.3, 0.4) is 0 Å². The van der Waals surface area contributed by atoms with E-state index in [-0.39, 0.29) is 24.8 Å². The van der Waals surface area contributed by atoms with E-state index >= 15 is 0 Å². The van der Waals surface area contributed by atoms with Crippen molar-refractivity contribution >= 4 is 0 Å². The molecular formula is C8H11Cl2Hf. The SMILES string of the molecule is CCC1=CC[C]([Hf+2])=C1C.[Cl-].[Cl-]. The Bertz CT molecular complexity index is 183. The number of hydrogen-bond acceptors (Lipinski definition) is 0. The largest absolute Gasteiger partial charge is 1.00 e. The van der Waals surface area contributed by atoms with Gasteiger partial charge in [0.2, 0.25) is 0 Å². The maximum absolute atomic E-state index is 2.37. The quantitative estimate of drug-likeness (QED) is 0.429. The first-order valence-corrected chi connectivity index (χ1v) is 5.16. The Morgan fingerprint density at radius 1 is 1.45 bits per heavy atom. The van der Waals surface area contributed by atoms with E-state index in [1.54, 1.807) is 14.5 Å². The van der Waals surface area contributed by atoms with Crippen molar-refractivity contribution < 1.29 is 49.2 Å². The second-order valence-corrected chi connectivity index (χ2v) is 4.56. The fourth-order valence-electron chi connectivity index (χ4n) is 1.13. The normalized spacial score (nSPS) is 15.5. The molecule has 1 rings (SSSR count). The summed E-state index contributed by atoms with van der Waals surface area (Å²) in [6.07, 6.45) is 4.84.